The molecule has 4 amide bonds. The minimum atomic E-state index is -0.694. The number of primary amides is 1. The summed E-state index contributed by atoms with van der Waals surface area (Å²) in [4.78, 5) is 37.0. The summed E-state index contributed by atoms with van der Waals surface area (Å²) >= 11 is 0. The van der Waals surface area contributed by atoms with Gasteiger partial charge in [-0.2, -0.15) is 0 Å². The van der Waals surface area contributed by atoms with Crippen LogP contribution in [0.25, 0.3) is 0 Å². The number of piperidine rings is 1. The molecule has 1 aliphatic heterocycles. The van der Waals surface area contributed by atoms with Crippen LogP contribution in [0.5, 0.6) is 0 Å². The first kappa shape index (κ1) is 17.6. The maximum Gasteiger partial charge on any atom is 0.312 e. The van der Waals surface area contributed by atoms with Crippen LogP contribution in [0.1, 0.15) is 51.9 Å². The Morgan fingerprint density at radius 1 is 1.04 bits per heavy atom. The summed E-state index contributed by atoms with van der Waals surface area (Å²) in [7, 11) is 0. The molecule has 2 fully saturated rings. The lowest BCUT2D eigenvalue weighted by Gasteiger charge is -2.34. The molecule has 0 aromatic heterocycles. The number of carbonyl (C=O) groups excluding carboxylic acids is 3. The van der Waals surface area contributed by atoms with Crippen LogP contribution >= 0.6 is 0 Å². The van der Waals surface area contributed by atoms with Gasteiger partial charge in [-0.1, -0.05) is 19.3 Å². The van der Waals surface area contributed by atoms with Gasteiger partial charge in [0.05, 0.1) is 0 Å². The quantitative estimate of drug-likeness (QED) is 0.710. The molecule has 0 spiro atoms. The van der Waals surface area contributed by atoms with Crippen molar-refractivity contribution in [3.63, 3.8) is 0 Å². The molecule has 23 heavy (non-hydrogen) atoms. The van der Waals surface area contributed by atoms with Crippen molar-refractivity contribution in [2.24, 2.45) is 11.7 Å². The van der Waals surface area contributed by atoms with Crippen molar-refractivity contribution in [2.45, 2.75) is 64.0 Å². The molecule has 1 unspecified atom stereocenters. The number of likely N-dealkylation sites (tertiary alicyclic amines) is 1. The first-order valence-electron chi connectivity index (χ1n) is 8.62. The highest BCUT2D eigenvalue weighted by Crippen LogP contribution is 2.24. The lowest BCUT2D eigenvalue weighted by atomic mass is 9.88. The van der Waals surface area contributed by atoms with Gasteiger partial charge in [-0.25, -0.2) is 4.79 Å². The van der Waals surface area contributed by atoms with E-state index < -0.39 is 12.1 Å². The number of carbonyl (C=O) groups is 3. The molecule has 1 saturated carbocycles. The molecular formula is C16H28N4O3. The number of hydrogen-bond acceptors (Lipinski definition) is 3. The van der Waals surface area contributed by atoms with E-state index in [1.165, 1.54) is 6.42 Å². The third kappa shape index (κ3) is 5.11. The second-order valence-corrected chi connectivity index (χ2v) is 6.67. The van der Waals surface area contributed by atoms with Gasteiger partial charge < -0.3 is 21.3 Å². The van der Waals surface area contributed by atoms with Gasteiger partial charge in [-0.15, -0.1) is 0 Å². The Balaban J connectivity index is 1.74. The predicted molar refractivity (Wildman–Crippen MR) is 86.5 cm³/mol. The van der Waals surface area contributed by atoms with Crippen molar-refractivity contribution < 1.29 is 14.4 Å². The lowest BCUT2D eigenvalue weighted by molar-refractivity contribution is -0.134. The molecule has 4 N–H and O–H groups in total. The molecule has 7 heteroatoms. The van der Waals surface area contributed by atoms with Crippen molar-refractivity contribution in [3.05, 3.63) is 0 Å². The van der Waals surface area contributed by atoms with Gasteiger partial charge in [-0.05, 0) is 32.6 Å². The van der Waals surface area contributed by atoms with Gasteiger partial charge in [0.15, 0.2) is 0 Å². The topological polar surface area (TPSA) is 105 Å². The maximum absolute atomic E-state index is 12.3. The molecule has 0 aromatic rings. The van der Waals surface area contributed by atoms with Gasteiger partial charge >= 0.3 is 6.03 Å². The van der Waals surface area contributed by atoms with Crippen LogP contribution in [-0.2, 0) is 9.59 Å². The summed E-state index contributed by atoms with van der Waals surface area (Å²) in [5.41, 5.74) is 5.04. The van der Waals surface area contributed by atoms with E-state index in [4.69, 9.17) is 5.73 Å². The van der Waals surface area contributed by atoms with Gasteiger partial charge in [0.1, 0.15) is 6.04 Å². The monoisotopic (exact) mass is 324 g/mol. The van der Waals surface area contributed by atoms with Crippen LogP contribution < -0.4 is 16.4 Å². The normalized spacial score (nSPS) is 21.5. The summed E-state index contributed by atoms with van der Waals surface area (Å²) in [6, 6.07) is -1.16. The fourth-order valence-electron chi connectivity index (χ4n) is 3.48. The van der Waals surface area contributed by atoms with Gasteiger partial charge in [0.2, 0.25) is 11.8 Å². The number of nitrogens with one attached hydrogen (secondary N) is 2. The minimum Gasteiger partial charge on any atom is -0.353 e. The highest BCUT2D eigenvalue weighted by Gasteiger charge is 2.29. The van der Waals surface area contributed by atoms with Crippen LogP contribution in [-0.4, -0.2) is 47.9 Å². The Bertz CT molecular complexity index is 441. The fourth-order valence-corrected chi connectivity index (χ4v) is 3.48. The molecular weight excluding hydrogens is 296 g/mol. The standard InChI is InChI=1S/C16H28N4O3/c1-11(18-16(17)23)15(22)20-9-7-13(8-10-20)19-14(21)12-5-3-2-4-6-12/h11-13H,2-10H2,1H3,(H,19,21)(H3,17,18,23). The van der Waals surface area contributed by atoms with Crippen LogP contribution in [0.3, 0.4) is 0 Å². The molecule has 130 valence electrons. The highest BCUT2D eigenvalue weighted by atomic mass is 16.2. The van der Waals surface area contributed by atoms with Crippen molar-refractivity contribution in [1.82, 2.24) is 15.5 Å². The zero-order valence-corrected chi connectivity index (χ0v) is 13.8. The molecule has 1 saturated heterocycles. The first-order valence-corrected chi connectivity index (χ1v) is 8.62. The summed E-state index contributed by atoms with van der Waals surface area (Å²) in [6.45, 7) is 2.82. The predicted octanol–water partition coefficient (Wildman–Crippen LogP) is 0.731. The number of nitrogens with zero attached hydrogens (tertiary/aromatic N) is 1. The number of rotatable bonds is 4. The van der Waals surface area contributed by atoms with Crippen LogP contribution in [0.4, 0.5) is 4.79 Å². The van der Waals surface area contributed by atoms with E-state index in [9.17, 15) is 14.4 Å². The van der Waals surface area contributed by atoms with Gasteiger partial charge in [-0.3, -0.25) is 9.59 Å². The van der Waals surface area contributed by atoms with Crippen LogP contribution in [0.2, 0.25) is 0 Å². The van der Waals surface area contributed by atoms with Crippen molar-refractivity contribution in [2.75, 3.05) is 13.1 Å². The minimum absolute atomic E-state index is 0.124. The average molecular weight is 324 g/mol. The Labute approximate surface area is 137 Å². The Morgan fingerprint density at radius 2 is 1.65 bits per heavy atom. The summed E-state index contributed by atoms with van der Waals surface area (Å²) in [6.07, 6.45) is 7.05. The second kappa shape index (κ2) is 8.17. The zero-order chi connectivity index (χ0) is 16.8. The van der Waals surface area contributed by atoms with Crippen LogP contribution in [0, 0.1) is 5.92 Å². The average Bonchev–Trinajstić information content (AvgIpc) is 2.55. The number of hydrogen-bond donors (Lipinski definition) is 3. The molecule has 0 aromatic carbocycles. The SMILES string of the molecule is CC(NC(N)=O)C(=O)N1CCC(NC(=O)C2CCCCC2)CC1. The van der Waals surface area contributed by atoms with E-state index in [0.717, 1.165) is 38.5 Å². The molecule has 1 heterocycles. The molecule has 1 atom stereocenters. The first-order chi connectivity index (χ1) is 11.0. The maximum atomic E-state index is 12.3. The molecule has 0 radical (unpaired) electrons. The summed E-state index contributed by atoms with van der Waals surface area (Å²) in [5.74, 6) is 0.224. The molecule has 2 aliphatic rings. The Hall–Kier alpha value is -1.79. The van der Waals surface area contributed by atoms with E-state index in [-0.39, 0.29) is 23.8 Å². The van der Waals surface area contributed by atoms with Gasteiger partial charge in [0, 0.05) is 25.0 Å². The number of nitrogens with two attached hydrogens (primary N) is 1. The summed E-state index contributed by atoms with van der Waals surface area (Å²) < 4.78 is 0. The second-order valence-electron chi connectivity index (χ2n) is 6.67. The van der Waals surface area contributed by atoms with Crippen LogP contribution in [0.15, 0.2) is 0 Å². The largest absolute Gasteiger partial charge is 0.353 e. The van der Waals surface area contributed by atoms with E-state index >= 15 is 0 Å². The Kier molecular flexibility index (Phi) is 6.24. The molecule has 7 nitrogen and oxygen atoms in total. The molecule has 2 rings (SSSR count). The van der Waals surface area contributed by atoms with Crippen molar-refractivity contribution in [3.8, 4) is 0 Å². The lowest BCUT2D eigenvalue weighted by Crippen LogP contribution is -2.53. The third-order valence-corrected chi connectivity index (χ3v) is 4.86. The third-order valence-electron chi connectivity index (χ3n) is 4.86. The van der Waals surface area contributed by atoms with Crippen molar-refractivity contribution >= 4 is 17.8 Å². The number of amides is 4. The number of urea groups is 1. The highest BCUT2D eigenvalue weighted by molar-refractivity contribution is 5.86. The summed E-state index contributed by atoms with van der Waals surface area (Å²) in [5, 5.41) is 5.55. The molecule has 0 bridgehead atoms. The van der Waals surface area contributed by atoms with Crippen molar-refractivity contribution in [1.29, 1.82) is 0 Å². The molecule has 1 aliphatic carbocycles. The van der Waals surface area contributed by atoms with E-state index in [1.54, 1.807) is 11.8 Å². The van der Waals surface area contributed by atoms with Gasteiger partial charge in [0.25, 0.3) is 0 Å². The Morgan fingerprint density at radius 3 is 2.22 bits per heavy atom. The fraction of sp³-hybridized carbons (Fsp3) is 0.812. The van der Waals surface area contributed by atoms with E-state index in [1.807, 2.05) is 0 Å². The zero-order valence-electron chi connectivity index (χ0n) is 13.8. The van der Waals surface area contributed by atoms with E-state index in [0.29, 0.717) is 13.1 Å². The smallest absolute Gasteiger partial charge is 0.312 e. The van der Waals surface area contributed by atoms with E-state index in [2.05, 4.69) is 10.6 Å².